The SMILES string of the molecule is CC(C)(C)OC(=O)c1[c]cccc1O. The second-order valence-electron chi connectivity index (χ2n) is 3.93. The molecule has 0 heterocycles. The van der Waals surface area contributed by atoms with Gasteiger partial charge in [0.1, 0.15) is 16.9 Å². The molecule has 0 aromatic heterocycles. The number of hydrogen-bond donors (Lipinski definition) is 1. The average Bonchev–Trinajstić information content (AvgIpc) is 2.01. The Hall–Kier alpha value is -1.51. The van der Waals surface area contributed by atoms with Gasteiger partial charge in [0, 0.05) is 6.07 Å². The molecular weight excluding hydrogens is 180 g/mol. The summed E-state index contributed by atoms with van der Waals surface area (Å²) < 4.78 is 5.07. The Morgan fingerprint density at radius 3 is 2.64 bits per heavy atom. The van der Waals surface area contributed by atoms with E-state index in [1.54, 1.807) is 32.9 Å². The van der Waals surface area contributed by atoms with Crippen molar-refractivity contribution in [2.75, 3.05) is 0 Å². The van der Waals surface area contributed by atoms with Crippen LogP contribution in [0, 0.1) is 6.07 Å². The second kappa shape index (κ2) is 3.70. The van der Waals surface area contributed by atoms with Crippen LogP contribution in [0.1, 0.15) is 31.1 Å². The van der Waals surface area contributed by atoms with Gasteiger partial charge in [0.25, 0.3) is 0 Å². The standard InChI is InChI=1S/C11H13O3/c1-11(2,3)14-10(13)8-6-4-5-7-9(8)12/h4-5,7,12H,1-3H3. The quantitative estimate of drug-likeness (QED) is 0.695. The van der Waals surface area contributed by atoms with E-state index < -0.39 is 11.6 Å². The molecule has 1 radical (unpaired) electrons. The summed E-state index contributed by atoms with van der Waals surface area (Å²) in [5.41, 5.74) is -0.491. The summed E-state index contributed by atoms with van der Waals surface area (Å²) in [6, 6.07) is 7.22. The Morgan fingerprint density at radius 2 is 2.14 bits per heavy atom. The minimum Gasteiger partial charge on any atom is -0.507 e. The van der Waals surface area contributed by atoms with E-state index >= 15 is 0 Å². The number of phenolic OH excluding ortho intramolecular Hbond substituents is 1. The summed E-state index contributed by atoms with van der Waals surface area (Å²) >= 11 is 0. The molecule has 14 heavy (non-hydrogen) atoms. The molecule has 0 bridgehead atoms. The predicted octanol–water partition coefficient (Wildman–Crippen LogP) is 2.15. The molecule has 0 atom stereocenters. The van der Waals surface area contributed by atoms with Crippen LogP contribution in [-0.2, 0) is 4.74 Å². The first kappa shape index (κ1) is 10.6. The molecule has 75 valence electrons. The number of carbonyl (C=O) groups is 1. The van der Waals surface area contributed by atoms with Gasteiger partial charge in [-0.1, -0.05) is 12.1 Å². The van der Waals surface area contributed by atoms with Gasteiger partial charge in [-0.15, -0.1) is 0 Å². The number of phenols is 1. The maximum Gasteiger partial charge on any atom is 0.343 e. The molecule has 0 aliphatic carbocycles. The molecule has 0 spiro atoms. The third-order valence-electron chi connectivity index (χ3n) is 1.44. The summed E-state index contributed by atoms with van der Waals surface area (Å²) in [4.78, 5) is 11.5. The summed E-state index contributed by atoms with van der Waals surface area (Å²) in [7, 11) is 0. The van der Waals surface area contributed by atoms with Crippen molar-refractivity contribution in [3.05, 3.63) is 29.8 Å². The van der Waals surface area contributed by atoms with E-state index in [1.165, 1.54) is 6.07 Å². The Balaban J connectivity index is 2.86. The zero-order valence-corrected chi connectivity index (χ0v) is 8.50. The van der Waals surface area contributed by atoms with Crippen molar-refractivity contribution in [2.24, 2.45) is 0 Å². The Kier molecular flexibility index (Phi) is 2.79. The first-order valence-electron chi connectivity index (χ1n) is 4.33. The van der Waals surface area contributed by atoms with Crippen molar-refractivity contribution in [2.45, 2.75) is 26.4 Å². The van der Waals surface area contributed by atoms with Gasteiger partial charge in [-0.3, -0.25) is 0 Å². The minimum absolute atomic E-state index is 0.0717. The van der Waals surface area contributed by atoms with Crippen LogP contribution in [-0.4, -0.2) is 16.7 Å². The average molecular weight is 193 g/mol. The molecular formula is C11H13O3. The lowest BCUT2D eigenvalue weighted by molar-refractivity contribution is 0.00664. The number of benzene rings is 1. The second-order valence-corrected chi connectivity index (χ2v) is 3.93. The van der Waals surface area contributed by atoms with Gasteiger partial charge in [-0.05, 0) is 26.8 Å². The summed E-state index contributed by atoms with van der Waals surface area (Å²) in [5.74, 6) is -0.669. The fourth-order valence-electron chi connectivity index (χ4n) is 0.921. The van der Waals surface area contributed by atoms with E-state index in [1.807, 2.05) is 0 Å². The van der Waals surface area contributed by atoms with Crippen LogP contribution in [0.25, 0.3) is 0 Å². The van der Waals surface area contributed by atoms with Gasteiger partial charge < -0.3 is 9.84 Å². The zero-order chi connectivity index (χ0) is 10.8. The summed E-state index contributed by atoms with van der Waals surface area (Å²) in [5, 5.41) is 9.35. The fraction of sp³-hybridized carbons (Fsp3) is 0.364. The maximum absolute atomic E-state index is 11.5. The van der Waals surface area contributed by atoms with E-state index in [9.17, 15) is 9.90 Å². The highest BCUT2D eigenvalue weighted by molar-refractivity contribution is 5.92. The Labute approximate surface area is 83.3 Å². The van der Waals surface area contributed by atoms with Crippen molar-refractivity contribution in [3.8, 4) is 5.75 Å². The fourth-order valence-corrected chi connectivity index (χ4v) is 0.921. The topological polar surface area (TPSA) is 46.5 Å². The van der Waals surface area contributed by atoms with Gasteiger partial charge in [-0.2, -0.15) is 0 Å². The van der Waals surface area contributed by atoms with Crippen LogP contribution in [0.4, 0.5) is 0 Å². The normalized spacial score (nSPS) is 11.1. The van der Waals surface area contributed by atoms with Crippen LogP contribution in [0.2, 0.25) is 0 Å². The predicted molar refractivity (Wildman–Crippen MR) is 52.1 cm³/mol. The third-order valence-corrected chi connectivity index (χ3v) is 1.44. The molecule has 0 aliphatic rings. The molecule has 0 unspecified atom stereocenters. The minimum atomic E-state index is -0.562. The van der Waals surface area contributed by atoms with E-state index in [4.69, 9.17) is 4.74 Å². The Morgan fingerprint density at radius 1 is 1.50 bits per heavy atom. The highest BCUT2D eigenvalue weighted by Gasteiger charge is 2.19. The first-order chi connectivity index (χ1) is 6.40. The van der Waals surface area contributed by atoms with E-state index in [0.717, 1.165) is 0 Å². The Bertz CT molecular complexity index is 337. The van der Waals surface area contributed by atoms with Crippen LogP contribution in [0.5, 0.6) is 5.75 Å². The monoisotopic (exact) mass is 193 g/mol. The molecule has 0 amide bonds. The molecule has 1 aromatic carbocycles. The lowest BCUT2D eigenvalue weighted by atomic mass is 10.1. The largest absolute Gasteiger partial charge is 0.507 e. The van der Waals surface area contributed by atoms with Crippen LogP contribution < -0.4 is 0 Å². The first-order valence-corrected chi connectivity index (χ1v) is 4.33. The third kappa shape index (κ3) is 2.76. The number of esters is 1. The van der Waals surface area contributed by atoms with Crippen molar-refractivity contribution < 1.29 is 14.6 Å². The molecule has 1 rings (SSSR count). The molecule has 1 N–H and O–H groups in total. The molecule has 3 nitrogen and oxygen atoms in total. The molecule has 0 saturated carbocycles. The lowest BCUT2D eigenvalue weighted by Crippen LogP contribution is -2.23. The van der Waals surface area contributed by atoms with Crippen molar-refractivity contribution in [1.82, 2.24) is 0 Å². The summed E-state index contributed by atoms with van der Waals surface area (Å²) in [6.07, 6.45) is 0. The zero-order valence-electron chi connectivity index (χ0n) is 8.50. The van der Waals surface area contributed by atoms with Crippen molar-refractivity contribution in [3.63, 3.8) is 0 Å². The number of ether oxygens (including phenoxy) is 1. The van der Waals surface area contributed by atoms with Crippen LogP contribution >= 0.6 is 0 Å². The van der Waals surface area contributed by atoms with E-state index in [-0.39, 0.29) is 11.3 Å². The number of aromatic hydroxyl groups is 1. The lowest BCUT2D eigenvalue weighted by Gasteiger charge is -2.19. The van der Waals surface area contributed by atoms with Gasteiger partial charge in [0.05, 0.1) is 0 Å². The number of rotatable bonds is 1. The molecule has 3 heteroatoms. The summed E-state index contributed by atoms with van der Waals surface area (Å²) in [6.45, 7) is 5.31. The van der Waals surface area contributed by atoms with Crippen LogP contribution in [0.15, 0.2) is 18.2 Å². The molecule has 1 aromatic rings. The van der Waals surface area contributed by atoms with Crippen molar-refractivity contribution >= 4 is 5.97 Å². The smallest absolute Gasteiger partial charge is 0.343 e. The van der Waals surface area contributed by atoms with E-state index in [0.29, 0.717) is 0 Å². The van der Waals surface area contributed by atoms with Crippen molar-refractivity contribution in [1.29, 1.82) is 0 Å². The van der Waals surface area contributed by atoms with Gasteiger partial charge in [0.15, 0.2) is 0 Å². The molecule has 0 fully saturated rings. The maximum atomic E-state index is 11.5. The molecule has 0 aliphatic heterocycles. The van der Waals surface area contributed by atoms with E-state index in [2.05, 4.69) is 6.07 Å². The van der Waals surface area contributed by atoms with Gasteiger partial charge in [-0.25, -0.2) is 4.79 Å². The van der Waals surface area contributed by atoms with Gasteiger partial charge in [0.2, 0.25) is 0 Å². The number of carbonyl (C=O) groups excluding carboxylic acids is 1. The highest BCUT2D eigenvalue weighted by Crippen LogP contribution is 2.19. The number of hydrogen-bond acceptors (Lipinski definition) is 3. The van der Waals surface area contributed by atoms with Crippen LogP contribution in [0.3, 0.4) is 0 Å². The molecule has 0 saturated heterocycles. The van der Waals surface area contributed by atoms with Gasteiger partial charge >= 0.3 is 5.97 Å². The highest BCUT2D eigenvalue weighted by atomic mass is 16.6.